The summed E-state index contributed by atoms with van der Waals surface area (Å²) in [5, 5.41) is 4.62. The normalized spacial score (nSPS) is 16.2. The van der Waals surface area contributed by atoms with Crippen LogP contribution in [0, 0.1) is 0 Å². The number of nitrogens with one attached hydrogen (secondary N) is 1. The third-order valence-electron chi connectivity index (χ3n) is 5.23. The van der Waals surface area contributed by atoms with Crippen LogP contribution in [0.5, 0.6) is 11.5 Å². The van der Waals surface area contributed by atoms with Crippen LogP contribution >= 0.6 is 23.8 Å². The second-order valence-corrected chi connectivity index (χ2v) is 8.24. The molecular formula is C24H27ClN2O3S. The fourth-order valence-electron chi connectivity index (χ4n) is 3.75. The summed E-state index contributed by atoms with van der Waals surface area (Å²) in [6, 6.07) is 12.9. The predicted molar refractivity (Wildman–Crippen MR) is 128 cm³/mol. The number of allylic oxidation sites excluding steroid dienone is 1. The van der Waals surface area contributed by atoms with E-state index in [-0.39, 0.29) is 11.8 Å². The summed E-state index contributed by atoms with van der Waals surface area (Å²) < 4.78 is 11.5. The number of hydrogen-bond donors (Lipinski definition) is 1. The second-order valence-electron chi connectivity index (χ2n) is 7.42. The van der Waals surface area contributed by atoms with Gasteiger partial charge >= 0.3 is 0 Å². The molecule has 0 spiro atoms. The van der Waals surface area contributed by atoms with E-state index >= 15 is 0 Å². The third kappa shape index (κ3) is 5.20. The van der Waals surface area contributed by atoms with Gasteiger partial charge in [-0.3, -0.25) is 4.79 Å². The Labute approximate surface area is 194 Å². The molecule has 0 saturated carbocycles. The van der Waals surface area contributed by atoms with Crippen molar-refractivity contribution in [2.45, 2.75) is 39.8 Å². The Morgan fingerprint density at radius 1 is 1.23 bits per heavy atom. The van der Waals surface area contributed by atoms with Crippen LogP contribution in [-0.4, -0.2) is 29.5 Å². The lowest BCUT2D eigenvalue weighted by Crippen LogP contribution is -2.47. The minimum Gasteiger partial charge on any atom is -0.493 e. The SMILES string of the molecule is CCCN1C(=S)NC(c2ccc(OCc3cccc(Cl)c3)c(OC)c2)C(C(C)=O)=C1C. The molecule has 7 heteroatoms. The summed E-state index contributed by atoms with van der Waals surface area (Å²) in [6.07, 6.45) is 0.932. The van der Waals surface area contributed by atoms with Gasteiger partial charge in [0.05, 0.1) is 13.2 Å². The largest absolute Gasteiger partial charge is 0.493 e. The molecule has 2 aromatic carbocycles. The quantitative estimate of drug-likeness (QED) is 0.532. The number of Topliss-reactive ketones (excluding diaryl/α,β-unsaturated/α-hetero) is 1. The minimum absolute atomic E-state index is 0.0128. The van der Waals surface area contributed by atoms with Crippen LogP contribution in [0.3, 0.4) is 0 Å². The van der Waals surface area contributed by atoms with Crippen molar-refractivity contribution >= 4 is 34.7 Å². The van der Waals surface area contributed by atoms with Gasteiger partial charge in [-0.25, -0.2) is 0 Å². The Kier molecular flexibility index (Phi) is 7.57. The van der Waals surface area contributed by atoms with Crippen molar-refractivity contribution in [3.05, 3.63) is 69.9 Å². The molecule has 1 atom stereocenters. The van der Waals surface area contributed by atoms with Crippen LogP contribution in [0.1, 0.15) is 44.4 Å². The van der Waals surface area contributed by atoms with Crippen LogP contribution in [0.15, 0.2) is 53.7 Å². The van der Waals surface area contributed by atoms with Crippen LogP contribution in [-0.2, 0) is 11.4 Å². The summed E-state index contributed by atoms with van der Waals surface area (Å²) in [6.45, 7) is 6.76. The van der Waals surface area contributed by atoms with E-state index in [1.165, 1.54) is 0 Å². The zero-order chi connectivity index (χ0) is 22.5. The molecular weight excluding hydrogens is 432 g/mol. The highest BCUT2D eigenvalue weighted by molar-refractivity contribution is 7.80. The number of hydrogen-bond acceptors (Lipinski definition) is 4. The maximum Gasteiger partial charge on any atom is 0.173 e. The fraction of sp³-hybridized carbons (Fsp3) is 0.333. The molecule has 1 aliphatic heterocycles. The Morgan fingerprint density at radius 3 is 2.65 bits per heavy atom. The molecule has 164 valence electrons. The topological polar surface area (TPSA) is 50.8 Å². The molecule has 0 aromatic heterocycles. The van der Waals surface area contributed by atoms with Gasteiger partial charge in [0.25, 0.3) is 0 Å². The lowest BCUT2D eigenvalue weighted by Gasteiger charge is -2.37. The van der Waals surface area contributed by atoms with Gasteiger partial charge in [-0.2, -0.15) is 0 Å². The average Bonchev–Trinajstić information content (AvgIpc) is 2.74. The van der Waals surface area contributed by atoms with Crippen molar-refractivity contribution in [1.29, 1.82) is 0 Å². The minimum atomic E-state index is -0.339. The van der Waals surface area contributed by atoms with Crippen molar-refractivity contribution in [1.82, 2.24) is 10.2 Å². The first-order chi connectivity index (χ1) is 14.8. The van der Waals surface area contributed by atoms with Gasteiger partial charge in [0.1, 0.15) is 6.61 Å². The van der Waals surface area contributed by atoms with Crippen molar-refractivity contribution in [3.8, 4) is 11.5 Å². The van der Waals surface area contributed by atoms with E-state index in [0.717, 1.165) is 29.8 Å². The molecule has 0 bridgehead atoms. The molecule has 2 aromatic rings. The number of halogens is 1. The summed E-state index contributed by atoms with van der Waals surface area (Å²) >= 11 is 11.6. The Hall–Kier alpha value is -2.57. The van der Waals surface area contributed by atoms with E-state index in [1.54, 1.807) is 14.0 Å². The van der Waals surface area contributed by atoms with Gasteiger partial charge in [0.15, 0.2) is 22.4 Å². The van der Waals surface area contributed by atoms with Crippen molar-refractivity contribution in [2.24, 2.45) is 0 Å². The van der Waals surface area contributed by atoms with Gasteiger partial charge < -0.3 is 19.7 Å². The number of carbonyl (C=O) groups excluding carboxylic acids is 1. The highest BCUT2D eigenvalue weighted by Crippen LogP contribution is 2.36. The van der Waals surface area contributed by atoms with Crippen LogP contribution in [0.25, 0.3) is 0 Å². The number of carbonyl (C=O) groups is 1. The van der Waals surface area contributed by atoms with Crippen molar-refractivity contribution in [3.63, 3.8) is 0 Å². The molecule has 0 fully saturated rings. The summed E-state index contributed by atoms with van der Waals surface area (Å²) in [5.74, 6) is 1.21. The standard InChI is InChI=1S/C24H27ClN2O3S/c1-5-11-27-15(2)22(16(3)28)23(26-24(27)31)18-9-10-20(21(13-18)29-4)30-14-17-7-6-8-19(25)12-17/h6-10,12-13,23H,5,11,14H2,1-4H3,(H,26,31). The number of nitrogens with zero attached hydrogens (tertiary/aromatic N) is 1. The smallest absolute Gasteiger partial charge is 0.173 e. The molecule has 1 heterocycles. The van der Waals surface area contributed by atoms with Crippen LogP contribution < -0.4 is 14.8 Å². The van der Waals surface area contributed by atoms with E-state index in [2.05, 4.69) is 12.2 Å². The molecule has 5 nitrogen and oxygen atoms in total. The molecule has 3 rings (SSSR count). The first-order valence-corrected chi connectivity index (χ1v) is 11.0. The molecule has 0 radical (unpaired) electrons. The Balaban J connectivity index is 1.90. The van der Waals surface area contributed by atoms with E-state index in [9.17, 15) is 4.79 Å². The number of methoxy groups -OCH3 is 1. The van der Waals surface area contributed by atoms with E-state index in [0.29, 0.717) is 33.8 Å². The van der Waals surface area contributed by atoms with Crippen molar-refractivity contribution in [2.75, 3.05) is 13.7 Å². The number of benzene rings is 2. The molecule has 1 aliphatic rings. The van der Waals surface area contributed by atoms with Crippen LogP contribution in [0.2, 0.25) is 5.02 Å². The van der Waals surface area contributed by atoms with Gasteiger partial charge in [-0.1, -0.05) is 36.7 Å². The fourth-order valence-corrected chi connectivity index (χ4v) is 4.31. The maximum atomic E-state index is 12.5. The Morgan fingerprint density at radius 2 is 2.00 bits per heavy atom. The zero-order valence-corrected chi connectivity index (χ0v) is 19.8. The van der Waals surface area contributed by atoms with Gasteiger partial charge in [-0.15, -0.1) is 0 Å². The summed E-state index contributed by atoms with van der Waals surface area (Å²) in [7, 11) is 1.60. The molecule has 31 heavy (non-hydrogen) atoms. The number of ether oxygens (including phenoxy) is 2. The second kappa shape index (κ2) is 10.2. The highest BCUT2D eigenvalue weighted by Gasteiger charge is 2.32. The lowest BCUT2D eigenvalue weighted by atomic mass is 9.92. The molecule has 0 amide bonds. The zero-order valence-electron chi connectivity index (χ0n) is 18.2. The first-order valence-electron chi connectivity index (χ1n) is 10.2. The van der Waals surface area contributed by atoms with E-state index in [1.807, 2.05) is 54.3 Å². The average molecular weight is 459 g/mol. The predicted octanol–water partition coefficient (Wildman–Crippen LogP) is 5.43. The molecule has 1 unspecified atom stereocenters. The molecule has 0 aliphatic carbocycles. The maximum absolute atomic E-state index is 12.5. The number of thiocarbonyl (C=S) groups is 1. The van der Waals surface area contributed by atoms with E-state index in [4.69, 9.17) is 33.3 Å². The van der Waals surface area contributed by atoms with Gasteiger partial charge in [0.2, 0.25) is 0 Å². The summed E-state index contributed by atoms with van der Waals surface area (Å²) in [5.41, 5.74) is 3.45. The molecule has 0 saturated heterocycles. The lowest BCUT2D eigenvalue weighted by molar-refractivity contribution is -0.114. The van der Waals surface area contributed by atoms with Crippen molar-refractivity contribution < 1.29 is 14.3 Å². The summed E-state index contributed by atoms with van der Waals surface area (Å²) in [4.78, 5) is 14.5. The van der Waals surface area contributed by atoms with Gasteiger partial charge in [0, 0.05) is 22.8 Å². The monoisotopic (exact) mass is 458 g/mol. The number of ketones is 1. The Bertz CT molecular complexity index is 1020. The first kappa shape index (κ1) is 23.1. The highest BCUT2D eigenvalue weighted by atomic mass is 35.5. The van der Waals surface area contributed by atoms with Gasteiger partial charge in [-0.05, 0) is 67.9 Å². The molecule has 1 N–H and O–H groups in total. The van der Waals surface area contributed by atoms with Crippen LogP contribution in [0.4, 0.5) is 0 Å². The third-order valence-corrected chi connectivity index (χ3v) is 5.80. The van der Waals surface area contributed by atoms with E-state index < -0.39 is 0 Å². The number of rotatable bonds is 8.